The topological polar surface area (TPSA) is 112 Å². The van der Waals surface area contributed by atoms with Crippen molar-refractivity contribution in [2.24, 2.45) is 14.1 Å². The van der Waals surface area contributed by atoms with E-state index in [9.17, 15) is 13.2 Å². The number of benzene rings is 3. The third-order valence-corrected chi connectivity index (χ3v) is 7.24. The highest BCUT2D eigenvalue weighted by Crippen LogP contribution is 2.25. The van der Waals surface area contributed by atoms with Crippen LogP contribution in [0.1, 0.15) is 17.0 Å². The zero-order chi connectivity index (χ0) is 24.7. The van der Waals surface area contributed by atoms with Crippen LogP contribution in [0.5, 0.6) is 0 Å². The summed E-state index contributed by atoms with van der Waals surface area (Å²) in [5, 5.41) is 8.24. The molecule has 5 rings (SSSR count). The summed E-state index contributed by atoms with van der Waals surface area (Å²) in [5.41, 5.74) is 4.12. The van der Waals surface area contributed by atoms with Gasteiger partial charge >= 0.3 is 5.69 Å². The molecule has 35 heavy (non-hydrogen) atoms. The molecule has 3 aromatic carbocycles. The molecule has 0 aliphatic heterocycles. The zero-order valence-electron chi connectivity index (χ0n) is 19.4. The van der Waals surface area contributed by atoms with Gasteiger partial charge in [0.25, 0.3) is 10.0 Å². The van der Waals surface area contributed by atoms with E-state index in [0.29, 0.717) is 40.5 Å². The van der Waals surface area contributed by atoms with Gasteiger partial charge in [0.1, 0.15) is 0 Å². The fourth-order valence-corrected chi connectivity index (χ4v) is 4.97. The molecule has 0 spiro atoms. The lowest BCUT2D eigenvalue weighted by Crippen LogP contribution is -2.19. The van der Waals surface area contributed by atoms with Crippen LogP contribution in [-0.4, -0.2) is 27.7 Å². The van der Waals surface area contributed by atoms with Gasteiger partial charge in [0.05, 0.1) is 22.3 Å². The maximum atomic E-state index is 13.1. The van der Waals surface area contributed by atoms with Crippen molar-refractivity contribution in [3.8, 4) is 11.5 Å². The number of anilines is 1. The smallest absolute Gasteiger partial charge is 0.328 e. The van der Waals surface area contributed by atoms with Gasteiger partial charge in [0, 0.05) is 25.3 Å². The summed E-state index contributed by atoms with van der Waals surface area (Å²) in [4.78, 5) is 12.2. The van der Waals surface area contributed by atoms with Crippen molar-refractivity contribution in [1.82, 2.24) is 19.3 Å². The van der Waals surface area contributed by atoms with Crippen molar-refractivity contribution in [2.75, 3.05) is 4.72 Å². The SMILES string of the molecule is Cc1ccc(Cc2nnc(-c3cccc(NS(=O)(=O)c4ccc5c(c4)n(C)c(=O)n5C)c3)o2)cc1. The van der Waals surface area contributed by atoms with E-state index in [4.69, 9.17) is 4.42 Å². The number of aromatic nitrogens is 4. The number of hydrogen-bond acceptors (Lipinski definition) is 6. The fourth-order valence-electron chi connectivity index (χ4n) is 3.91. The molecule has 0 bridgehead atoms. The Morgan fingerprint density at radius 3 is 2.43 bits per heavy atom. The average Bonchev–Trinajstić information content (AvgIpc) is 3.39. The molecule has 0 radical (unpaired) electrons. The molecule has 5 aromatic rings. The first kappa shape index (κ1) is 22.6. The van der Waals surface area contributed by atoms with Gasteiger partial charge in [-0.3, -0.25) is 13.9 Å². The van der Waals surface area contributed by atoms with Gasteiger partial charge < -0.3 is 4.42 Å². The minimum Gasteiger partial charge on any atom is -0.420 e. The molecule has 178 valence electrons. The Kier molecular flexibility index (Phi) is 5.52. The molecule has 0 fully saturated rings. The largest absolute Gasteiger partial charge is 0.420 e. The van der Waals surface area contributed by atoms with Gasteiger partial charge in [-0.2, -0.15) is 0 Å². The maximum Gasteiger partial charge on any atom is 0.328 e. The lowest BCUT2D eigenvalue weighted by Gasteiger charge is -2.09. The zero-order valence-corrected chi connectivity index (χ0v) is 20.2. The average molecular weight is 490 g/mol. The first-order valence-electron chi connectivity index (χ1n) is 10.9. The molecule has 9 nitrogen and oxygen atoms in total. The van der Waals surface area contributed by atoms with Gasteiger partial charge in [-0.15, -0.1) is 10.2 Å². The van der Waals surface area contributed by atoms with Crippen molar-refractivity contribution in [3.63, 3.8) is 0 Å². The van der Waals surface area contributed by atoms with Gasteiger partial charge in [-0.1, -0.05) is 35.9 Å². The van der Waals surface area contributed by atoms with Crippen LogP contribution in [0.25, 0.3) is 22.5 Å². The predicted molar refractivity (Wildman–Crippen MR) is 133 cm³/mol. The minimum absolute atomic E-state index is 0.0507. The third-order valence-electron chi connectivity index (χ3n) is 5.86. The summed E-state index contributed by atoms with van der Waals surface area (Å²) in [7, 11) is -0.653. The van der Waals surface area contributed by atoms with Crippen LogP contribution in [-0.2, 0) is 30.5 Å². The maximum absolute atomic E-state index is 13.1. The van der Waals surface area contributed by atoms with E-state index in [1.54, 1.807) is 44.4 Å². The molecule has 0 saturated carbocycles. The summed E-state index contributed by atoms with van der Waals surface area (Å²) in [6, 6.07) is 19.4. The summed E-state index contributed by atoms with van der Waals surface area (Å²) < 4.78 is 37.4. The van der Waals surface area contributed by atoms with Gasteiger partial charge in [0.2, 0.25) is 11.8 Å². The normalized spacial score (nSPS) is 11.7. The van der Waals surface area contributed by atoms with Crippen LogP contribution in [0.3, 0.4) is 0 Å². The van der Waals surface area contributed by atoms with Crippen LogP contribution in [0.2, 0.25) is 0 Å². The highest BCUT2D eigenvalue weighted by molar-refractivity contribution is 7.92. The van der Waals surface area contributed by atoms with Crippen molar-refractivity contribution in [3.05, 3.63) is 94.2 Å². The van der Waals surface area contributed by atoms with Crippen LogP contribution in [0, 0.1) is 6.92 Å². The Labute approximate surface area is 201 Å². The second-order valence-electron chi connectivity index (χ2n) is 8.40. The van der Waals surface area contributed by atoms with Crippen LogP contribution in [0.15, 0.2) is 80.8 Å². The molecule has 0 atom stereocenters. The van der Waals surface area contributed by atoms with E-state index in [2.05, 4.69) is 14.9 Å². The molecule has 10 heteroatoms. The standard InChI is InChI=1S/C25H23N5O4S/c1-16-7-9-17(10-8-16)13-23-26-27-24(34-23)18-5-4-6-19(14-18)28-35(32,33)20-11-12-21-22(15-20)30(3)25(31)29(21)2/h4-12,14-15,28H,13H2,1-3H3. The molecule has 2 heterocycles. The second-order valence-corrected chi connectivity index (χ2v) is 10.1. The summed E-state index contributed by atoms with van der Waals surface area (Å²) in [5.74, 6) is 0.769. The monoisotopic (exact) mass is 489 g/mol. The molecule has 0 unspecified atom stereocenters. The number of nitrogens with one attached hydrogen (secondary N) is 1. The van der Waals surface area contributed by atoms with E-state index in [1.165, 1.54) is 26.8 Å². The number of fused-ring (bicyclic) bond motifs is 1. The van der Waals surface area contributed by atoms with E-state index in [1.807, 2.05) is 31.2 Å². The lowest BCUT2D eigenvalue weighted by atomic mass is 10.1. The molecular weight excluding hydrogens is 466 g/mol. The fraction of sp³-hybridized carbons (Fsp3) is 0.160. The first-order chi connectivity index (χ1) is 16.7. The van der Waals surface area contributed by atoms with Crippen LogP contribution >= 0.6 is 0 Å². The predicted octanol–water partition coefficient (Wildman–Crippen LogP) is 3.63. The van der Waals surface area contributed by atoms with Gasteiger partial charge in [0.15, 0.2) is 0 Å². The molecule has 0 saturated heterocycles. The van der Waals surface area contributed by atoms with Crippen LogP contribution < -0.4 is 10.4 Å². The minimum atomic E-state index is -3.90. The van der Waals surface area contributed by atoms with Crippen molar-refractivity contribution in [2.45, 2.75) is 18.2 Å². The van der Waals surface area contributed by atoms with Crippen LogP contribution in [0.4, 0.5) is 5.69 Å². The first-order valence-corrected chi connectivity index (χ1v) is 12.4. The Morgan fingerprint density at radius 2 is 1.66 bits per heavy atom. The van der Waals surface area contributed by atoms with Gasteiger partial charge in [-0.25, -0.2) is 13.2 Å². The van der Waals surface area contributed by atoms with Crippen molar-refractivity contribution >= 4 is 26.7 Å². The number of imidazole rings is 1. The molecule has 0 aliphatic carbocycles. The summed E-state index contributed by atoms with van der Waals surface area (Å²) in [6.45, 7) is 2.03. The Hall–Kier alpha value is -4.18. The molecule has 2 aromatic heterocycles. The Balaban J connectivity index is 1.39. The number of nitrogens with zero attached hydrogens (tertiary/aromatic N) is 4. The lowest BCUT2D eigenvalue weighted by molar-refractivity contribution is 0.518. The van der Waals surface area contributed by atoms with Crippen molar-refractivity contribution in [1.29, 1.82) is 0 Å². The van der Waals surface area contributed by atoms with Gasteiger partial charge in [-0.05, 0) is 48.9 Å². The van der Waals surface area contributed by atoms with E-state index in [0.717, 1.165) is 5.56 Å². The molecule has 0 amide bonds. The van der Waals surface area contributed by atoms with E-state index < -0.39 is 10.0 Å². The summed E-state index contributed by atoms with van der Waals surface area (Å²) >= 11 is 0. The number of aryl methyl sites for hydroxylation is 3. The quantitative estimate of drug-likeness (QED) is 0.390. The third kappa shape index (κ3) is 4.35. The Morgan fingerprint density at radius 1 is 0.914 bits per heavy atom. The van der Waals surface area contributed by atoms with E-state index >= 15 is 0 Å². The Bertz CT molecular complexity index is 1710. The number of rotatable bonds is 6. The molecule has 1 N–H and O–H groups in total. The van der Waals surface area contributed by atoms with E-state index in [-0.39, 0.29) is 10.6 Å². The van der Waals surface area contributed by atoms with Crippen molar-refractivity contribution < 1.29 is 12.8 Å². The second kappa shape index (κ2) is 8.55. The highest BCUT2D eigenvalue weighted by Gasteiger charge is 2.18. The molecule has 0 aliphatic rings. The number of sulfonamides is 1. The number of hydrogen-bond donors (Lipinski definition) is 1. The highest BCUT2D eigenvalue weighted by atomic mass is 32.2. The summed E-state index contributed by atoms with van der Waals surface area (Å²) in [6.07, 6.45) is 0.504. The molecular formula is C25H23N5O4S.